The minimum atomic E-state index is -0.122. The van der Waals surface area contributed by atoms with Crippen molar-refractivity contribution in [1.29, 1.82) is 0 Å². The molecule has 176 valence electrons. The standard InChI is InChI=1S/C26H26ClN3O3S/c1-17-21(25(31)28-13-6-14-32-2)15-24(30(17)18-9-11-19(33-3)12-10-18)23-16-34-26(29-23)20-7-4-5-8-22(20)27/h4-5,7-12,15-16H,6,13-14H2,1-3H3,(H,28,31). The number of benzene rings is 2. The van der Waals surface area contributed by atoms with Gasteiger partial charge in [0.1, 0.15) is 10.8 Å². The molecule has 0 aliphatic heterocycles. The molecule has 2 aromatic carbocycles. The molecule has 0 saturated carbocycles. The Bertz CT molecular complexity index is 1280. The first kappa shape index (κ1) is 24.0. The molecular weight excluding hydrogens is 470 g/mol. The predicted octanol–water partition coefficient (Wildman–Crippen LogP) is 6.00. The number of amides is 1. The summed E-state index contributed by atoms with van der Waals surface area (Å²) in [5, 5.41) is 6.46. The van der Waals surface area contributed by atoms with Gasteiger partial charge in [0.05, 0.1) is 29.1 Å². The monoisotopic (exact) mass is 495 g/mol. The predicted molar refractivity (Wildman–Crippen MR) is 137 cm³/mol. The number of carbonyl (C=O) groups excluding carboxylic acids is 1. The van der Waals surface area contributed by atoms with E-state index in [1.165, 1.54) is 11.3 Å². The molecular formula is C26H26ClN3O3S. The number of nitrogens with zero attached hydrogens (tertiary/aromatic N) is 2. The third-order valence-corrected chi connectivity index (χ3v) is 6.71. The van der Waals surface area contributed by atoms with Gasteiger partial charge in [-0.25, -0.2) is 4.98 Å². The summed E-state index contributed by atoms with van der Waals surface area (Å²) in [5.74, 6) is 0.643. The zero-order valence-electron chi connectivity index (χ0n) is 19.3. The molecule has 0 aliphatic rings. The Morgan fingerprint density at radius 2 is 1.91 bits per heavy atom. The number of methoxy groups -OCH3 is 2. The molecule has 4 rings (SSSR count). The maximum atomic E-state index is 13.0. The normalized spacial score (nSPS) is 10.9. The molecule has 8 heteroatoms. The molecule has 4 aromatic rings. The maximum Gasteiger partial charge on any atom is 0.253 e. The summed E-state index contributed by atoms with van der Waals surface area (Å²) in [6.07, 6.45) is 0.751. The van der Waals surface area contributed by atoms with Crippen LogP contribution in [0.15, 0.2) is 60.0 Å². The van der Waals surface area contributed by atoms with E-state index in [1.54, 1.807) is 14.2 Å². The number of nitrogens with one attached hydrogen (secondary N) is 1. The van der Waals surface area contributed by atoms with Crippen molar-refractivity contribution in [2.75, 3.05) is 27.4 Å². The van der Waals surface area contributed by atoms with Crippen LogP contribution < -0.4 is 10.1 Å². The van der Waals surface area contributed by atoms with Gasteiger partial charge >= 0.3 is 0 Å². The third-order valence-electron chi connectivity index (χ3n) is 5.50. The molecule has 0 saturated heterocycles. The van der Waals surface area contributed by atoms with Crippen molar-refractivity contribution in [3.05, 3.63) is 76.3 Å². The van der Waals surface area contributed by atoms with Crippen LogP contribution in [0.5, 0.6) is 5.75 Å². The van der Waals surface area contributed by atoms with Crippen molar-refractivity contribution in [2.45, 2.75) is 13.3 Å². The molecule has 0 fully saturated rings. The number of halogens is 1. The second kappa shape index (κ2) is 10.9. The van der Waals surface area contributed by atoms with Crippen LogP contribution in [0, 0.1) is 6.92 Å². The lowest BCUT2D eigenvalue weighted by Crippen LogP contribution is -2.25. The summed E-state index contributed by atoms with van der Waals surface area (Å²) in [6.45, 7) is 3.09. The Labute approximate surface area is 208 Å². The molecule has 6 nitrogen and oxygen atoms in total. The summed E-state index contributed by atoms with van der Waals surface area (Å²) in [4.78, 5) is 17.9. The average Bonchev–Trinajstić information content (AvgIpc) is 3.47. The second-order valence-corrected chi connectivity index (χ2v) is 8.95. The molecule has 1 N–H and O–H groups in total. The zero-order valence-corrected chi connectivity index (χ0v) is 20.9. The third kappa shape index (κ3) is 5.01. The first-order valence-corrected chi connectivity index (χ1v) is 12.1. The molecule has 0 bridgehead atoms. The minimum Gasteiger partial charge on any atom is -0.497 e. The fourth-order valence-corrected chi connectivity index (χ4v) is 4.89. The Hall–Kier alpha value is -3.13. The lowest BCUT2D eigenvalue weighted by atomic mass is 10.2. The molecule has 0 radical (unpaired) electrons. The van der Waals surface area contributed by atoms with Crippen LogP contribution in [0.3, 0.4) is 0 Å². The number of hydrogen-bond acceptors (Lipinski definition) is 5. The van der Waals surface area contributed by atoms with Crippen LogP contribution in [0.1, 0.15) is 22.5 Å². The SMILES string of the molecule is COCCCNC(=O)c1cc(-c2csc(-c3ccccc3Cl)n2)n(-c2ccc(OC)cc2)c1C. The summed E-state index contributed by atoms with van der Waals surface area (Å²) >= 11 is 7.92. The summed E-state index contributed by atoms with van der Waals surface area (Å²) in [7, 11) is 3.29. The zero-order chi connectivity index (χ0) is 24.1. The number of ether oxygens (including phenoxy) is 2. The quantitative estimate of drug-likeness (QED) is 0.289. The van der Waals surface area contributed by atoms with Crippen LogP contribution in [-0.2, 0) is 4.74 Å². The van der Waals surface area contributed by atoms with Gasteiger partial charge in [0.15, 0.2) is 0 Å². The molecule has 2 aromatic heterocycles. The number of hydrogen-bond donors (Lipinski definition) is 1. The van der Waals surface area contributed by atoms with E-state index in [1.807, 2.05) is 66.9 Å². The van der Waals surface area contributed by atoms with E-state index in [-0.39, 0.29) is 5.91 Å². The first-order valence-electron chi connectivity index (χ1n) is 10.9. The topological polar surface area (TPSA) is 65.4 Å². The Morgan fingerprint density at radius 3 is 2.62 bits per heavy atom. The van der Waals surface area contributed by atoms with Crippen molar-refractivity contribution < 1.29 is 14.3 Å². The van der Waals surface area contributed by atoms with E-state index in [0.717, 1.165) is 45.5 Å². The minimum absolute atomic E-state index is 0.122. The molecule has 0 aliphatic carbocycles. The van der Waals surface area contributed by atoms with Crippen LogP contribution in [0.25, 0.3) is 27.6 Å². The van der Waals surface area contributed by atoms with E-state index in [0.29, 0.717) is 23.7 Å². The second-order valence-electron chi connectivity index (χ2n) is 7.68. The van der Waals surface area contributed by atoms with Gasteiger partial charge in [0, 0.05) is 42.6 Å². The molecule has 2 heterocycles. The Kier molecular flexibility index (Phi) is 7.67. The van der Waals surface area contributed by atoms with Crippen LogP contribution in [-0.4, -0.2) is 42.8 Å². The average molecular weight is 496 g/mol. The van der Waals surface area contributed by atoms with Crippen molar-refractivity contribution in [3.63, 3.8) is 0 Å². The highest BCUT2D eigenvalue weighted by Crippen LogP contribution is 2.35. The number of rotatable bonds is 9. The summed E-state index contributed by atoms with van der Waals surface area (Å²) in [5.41, 5.74) is 4.85. The first-order chi connectivity index (χ1) is 16.5. The molecule has 34 heavy (non-hydrogen) atoms. The number of carbonyl (C=O) groups is 1. The van der Waals surface area contributed by atoms with Gasteiger partial charge < -0.3 is 19.4 Å². The van der Waals surface area contributed by atoms with Crippen molar-refractivity contribution in [2.24, 2.45) is 0 Å². The lowest BCUT2D eigenvalue weighted by molar-refractivity contribution is 0.0948. The van der Waals surface area contributed by atoms with Gasteiger partial charge in [0.25, 0.3) is 5.91 Å². The van der Waals surface area contributed by atoms with Crippen LogP contribution in [0.4, 0.5) is 0 Å². The van der Waals surface area contributed by atoms with E-state index in [9.17, 15) is 4.79 Å². The maximum absolute atomic E-state index is 13.0. The molecule has 0 unspecified atom stereocenters. The highest BCUT2D eigenvalue weighted by Gasteiger charge is 2.21. The largest absolute Gasteiger partial charge is 0.497 e. The van der Waals surface area contributed by atoms with Gasteiger partial charge in [-0.2, -0.15) is 0 Å². The highest BCUT2D eigenvalue weighted by atomic mass is 35.5. The fourth-order valence-electron chi connectivity index (χ4n) is 3.75. The summed E-state index contributed by atoms with van der Waals surface area (Å²) in [6, 6.07) is 17.3. The van der Waals surface area contributed by atoms with Crippen molar-refractivity contribution >= 4 is 28.8 Å². The smallest absolute Gasteiger partial charge is 0.253 e. The highest BCUT2D eigenvalue weighted by molar-refractivity contribution is 7.13. The fraction of sp³-hybridized carbons (Fsp3) is 0.231. The molecule has 0 spiro atoms. The lowest BCUT2D eigenvalue weighted by Gasteiger charge is -2.12. The van der Waals surface area contributed by atoms with E-state index in [4.69, 9.17) is 26.1 Å². The van der Waals surface area contributed by atoms with Crippen LogP contribution >= 0.6 is 22.9 Å². The van der Waals surface area contributed by atoms with E-state index < -0.39 is 0 Å². The Morgan fingerprint density at radius 1 is 1.15 bits per heavy atom. The Balaban J connectivity index is 1.76. The van der Waals surface area contributed by atoms with Gasteiger partial charge in [-0.15, -0.1) is 11.3 Å². The van der Waals surface area contributed by atoms with Gasteiger partial charge in [-0.1, -0.05) is 29.8 Å². The van der Waals surface area contributed by atoms with Crippen LogP contribution in [0.2, 0.25) is 5.02 Å². The summed E-state index contributed by atoms with van der Waals surface area (Å²) < 4.78 is 12.4. The number of aromatic nitrogens is 2. The van der Waals surface area contributed by atoms with Crippen molar-refractivity contribution in [1.82, 2.24) is 14.9 Å². The molecule has 1 amide bonds. The van der Waals surface area contributed by atoms with Gasteiger partial charge in [-0.3, -0.25) is 4.79 Å². The van der Waals surface area contributed by atoms with Crippen molar-refractivity contribution in [3.8, 4) is 33.4 Å². The van der Waals surface area contributed by atoms with E-state index in [2.05, 4.69) is 9.88 Å². The van der Waals surface area contributed by atoms with Gasteiger partial charge in [-0.05, 0) is 49.7 Å². The number of thiazole rings is 1. The van der Waals surface area contributed by atoms with Gasteiger partial charge in [0.2, 0.25) is 0 Å². The molecule has 0 atom stereocenters. The van der Waals surface area contributed by atoms with E-state index >= 15 is 0 Å².